The van der Waals surface area contributed by atoms with Gasteiger partial charge in [-0.1, -0.05) is 11.6 Å². The molecule has 2 unspecified atom stereocenters. The van der Waals surface area contributed by atoms with E-state index < -0.39 is 5.82 Å². The van der Waals surface area contributed by atoms with Gasteiger partial charge in [-0.2, -0.15) is 15.5 Å². The summed E-state index contributed by atoms with van der Waals surface area (Å²) in [5.41, 5.74) is 4.98. The number of piperidine rings is 1. The minimum Gasteiger partial charge on any atom is -0.356 e. The molecule has 5 heterocycles. The van der Waals surface area contributed by atoms with Crippen molar-refractivity contribution in [3.05, 3.63) is 89.3 Å². The van der Waals surface area contributed by atoms with E-state index in [9.17, 15) is 14.4 Å². The molecule has 0 spiro atoms. The van der Waals surface area contributed by atoms with Gasteiger partial charge in [-0.05, 0) is 36.4 Å². The van der Waals surface area contributed by atoms with E-state index in [1.54, 1.807) is 21.6 Å². The SMILES string of the molecule is Cn1cc(-c2cc(-c3ccc(N4CC5C(C4)C5NC(=O)c4cc(F)ccc4Cl)nc3)c3c(C#N)cnn3c2)cn1. The van der Waals surface area contributed by atoms with Gasteiger partial charge in [0.25, 0.3) is 5.91 Å². The van der Waals surface area contributed by atoms with E-state index in [1.165, 1.54) is 12.1 Å². The average molecular weight is 553 g/mol. The maximum absolute atomic E-state index is 13.6. The zero-order valence-corrected chi connectivity index (χ0v) is 22.0. The Hall–Kier alpha value is -4.75. The van der Waals surface area contributed by atoms with Crippen LogP contribution in [0.15, 0.2) is 67.4 Å². The first kappa shape index (κ1) is 24.3. The Morgan fingerprint density at radius 2 is 1.88 bits per heavy atom. The van der Waals surface area contributed by atoms with E-state index in [4.69, 9.17) is 16.6 Å². The lowest BCUT2D eigenvalue weighted by molar-refractivity contribution is 0.0946. The molecule has 1 N–H and O–H groups in total. The van der Waals surface area contributed by atoms with Crippen molar-refractivity contribution < 1.29 is 9.18 Å². The molecular weight excluding hydrogens is 531 g/mol. The number of carbonyl (C=O) groups is 1. The molecule has 198 valence electrons. The molecule has 5 aromatic rings. The molecule has 1 amide bonds. The number of fused-ring (bicyclic) bond motifs is 2. The molecule has 7 rings (SSSR count). The normalized spacial score (nSPS) is 19.4. The zero-order chi connectivity index (χ0) is 27.5. The Kier molecular flexibility index (Phi) is 5.57. The number of anilines is 1. The van der Waals surface area contributed by atoms with E-state index >= 15 is 0 Å². The second-order valence-electron chi connectivity index (χ2n) is 10.3. The monoisotopic (exact) mass is 552 g/mol. The van der Waals surface area contributed by atoms with E-state index in [0.29, 0.717) is 17.4 Å². The predicted octanol–water partition coefficient (Wildman–Crippen LogP) is 4.33. The number of aryl methyl sites for hydroxylation is 1. The highest BCUT2D eigenvalue weighted by Crippen LogP contribution is 2.47. The fourth-order valence-corrected chi connectivity index (χ4v) is 5.92. The van der Waals surface area contributed by atoms with Crippen LogP contribution in [-0.4, -0.2) is 49.4 Å². The summed E-state index contributed by atoms with van der Waals surface area (Å²) in [6.45, 7) is 1.53. The molecule has 1 aliphatic carbocycles. The van der Waals surface area contributed by atoms with E-state index in [0.717, 1.165) is 52.7 Å². The fraction of sp³-hybridized carbons (Fsp3) is 0.207. The van der Waals surface area contributed by atoms with Crippen LogP contribution in [0.25, 0.3) is 27.8 Å². The molecule has 0 bridgehead atoms. The van der Waals surface area contributed by atoms with Gasteiger partial charge >= 0.3 is 0 Å². The van der Waals surface area contributed by atoms with Gasteiger partial charge < -0.3 is 10.2 Å². The summed E-state index contributed by atoms with van der Waals surface area (Å²) >= 11 is 6.09. The van der Waals surface area contributed by atoms with Gasteiger partial charge in [-0.15, -0.1) is 0 Å². The molecule has 2 atom stereocenters. The molecule has 1 aromatic carbocycles. The fourth-order valence-electron chi connectivity index (χ4n) is 5.71. The van der Waals surface area contributed by atoms with Crippen molar-refractivity contribution in [1.82, 2.24) is 29.7 Å². The van der Waals surface area contributed by atoms with Crippen LogP contribution in [0.3, 0.4) is 0 Å². The lowest BCUT2D eigenvalue weighted by atomic mass is 10.0. The lowest BCUT2D eigenvalue weighted by Gasteiger charge is -2.21. The number of hydrogen-bond donors (Lipinski definition) is 1. The van der Waals surface area contributed by atoms with Crippen molar-refractivity contribution in [2.45, 2.75) is 6.04 Å². The van der Waals surface area contributed by atoms with Crippen LogP contribution in [0, 0.1) is 29.0 Å². The summed E-state index contributed by atoms with van der Waals surface area (Å²) < 4.78 is 17.1. The summed E-state index contributed by atoms with van der Waals surface area (Å²) in [5.74, 6) is 0.613. The molecule has 4 aromatic heterocycles. The third kappa shape index (κ3) is 4.06. The maximum Gasteiger partial charge on any atom is 0.253 e. The number of benzene rings is 1. The number of rotatable bonds is 5. The largest absolute Gasteiger partial charge is 0.356 e. The molecule has 2 fully saturated rings. The van der Waals surface area contributed by atoms with Gasteiger partial charge in [0.1, 0.15) is 17.7 Å². The van der Waals surface area contributed by atoms with Crippen LogP contribution in [0.1, 0.15) is 15.9 Å². The predicted molar refractivity (Wildman–Crippen MR) is 147 cm³/mol. The highest BCUT2D eigenvalue weighted by molar-refractivity contribution is 6.33. The third-order valence-corrected chi connectivity index (χ3v) is 8.15. The van der Waals surface area contributed by atoms with Gasteiger partial charge in [0, 0.05) is 78.9 Å². The summed E-state index contributed by atoms with van der Waals surface area (Å²) in [7, 11) is 1.87. The summed E-state index contributed by atoms with van der Waals surface area (Å²) in [6, 6.07) is 12.1. The quantitative estimate of drug-likeness (QED) is 0.348. The second kappa shape index (κ2) is 9.17. The number of nitriles is 1. The Morgan fingerprint density at radius 1 is 1.05 bits per heavy atom. The van der Waals surface area contributed by atoms with Crippen molar-refractivity contribution >= 4 is 28.8 Å². The van der Waals surface area contributed by atoms with Gasteiger partial charge in [0.05, 0.1) is 34.1 Å². The number of amides is 1. The Morgan fingerprint density at radius 3 is 2.58 bits per heavy atom. The number of hydrogen-bond acceptors (Lipinski definition) is 6. The van der Waals surface area contributed by atoms with Crippen LogP contribution < -0.4 is 10.2 Å². The first-order chi connectivity index (χ1) is 19.4. The minimum absolute atomic E-state index is 0.0390. The molecule has 11 heteroatoms. The number of nitrogens with zero attached hydrogens (tertiary/aromatic N) is 7. The summed E-state index contributed by atoms with van der Waals surface area (Å²) in [4.78, 5) is 19.6. The molecule has 1 saturated heterocycles. The lowest BCUT2D eigenvalue weighted by Crippen LogP contribution is -2.35. The third-order valence-electron chi connectivity index (χ3n) is 7.82. The maximum atomic E-state index is 13.6. The van der Waals surface area contributed by atoms with Crippen molar-refractivity contribution in [1.29, 1.82) is 5.26 Å². The molecule has 1 aliphatic heterocycles. The van der Waals surface area contributed by atoms with Gasteiger partial charge in [-0.25, -0.2) is 13.9 Å². The zero-order valence-electron chi connectivity index (χ0n) is 21.3. The van der Waals surface area contributed by atoms with Gasteiger partial charge in [0.15, 0.2) is 0 Å². The van der Waals surface area contributed by atoms with Crippen LogP contribution in [0.5, 0.6) is 0 Å². The van der Waals surface area contributed by atoms with Crippen LogP contribution in [-0.2, 0) is 7.05 Å². The smallest absolute Gasteiger partial charge is 0.253 e. The first-order valence-electron chi connectivity index (χ1n) is 12.8. The highest BCUT2D eigenvalue weighted by Gasteiger charge is 2.56. The molecule has 2 aliphatic rings. The Bertz CT molecular complexity index is 1830. The number of carbonyl (C=O) groups excluding carboxylic acids is 1. The average Bonchev–Trinajstić information content (AvgIpc) is 3.41. The van der Waals surface area contributed by atoms with E-state index in [2.05, 4.69) is 26.5 Å². The number of aromatic nitrogens is 5. The van der Waals surface area contributed by atoms with Crippen molar-refractivity contribution in [3.8, 4) is 28.3 Å². The standard InChI is InChI=1S/C29H22ClFN8O/c1-37-12-19(11-34-37)17-6-21(28-18(8-32)10-35-39(28)13-17)16-2-5-26(33-9-16)38-14-23-24(15-38)27(23)36-29(40)22-7-20(31)3-4-25(22)30/h2-7,9-13,23-24,27H,14-15H2,1H3,(H,36,40). The van der Waals surface area contributed by atoms with Crippen LogP contribution in [0.2, 0.25) is 5.02 Å². The Labute approximate surface area is 233 Å². The Balaban J connectivity index is 1.09. The van der Waals surface area contributed by atoms with Crippen LogP contribution in [0.4, 0.5) is 10.2 Å². The summed E-state index contributed by atoms with van der Waals surface area (Å²) in [6.07, 6.45) is 9.01. The van der Waals surface area contributed by atoms with E-state index in [-0.39, 0.29) is 22.5 Å². The van der Waals surface area contributed by atoms with Crippen molar-refractivity contribution in [2.75, 3.05) is 18.0 Å². The number of pyridine rings is 2. The molecule has 9 nitrogen and oxygen atoms in total. The number of halogens is 2. The highest BCUT2D eigenvalue weighted by atomic mass is 35.5. The van der Waals surface area contributed by atoms with E-state index in [1.807, 2.05) is 43.8 Å². The first-order valence-corrected chi connectivity index (χ1v) is 13.1. The summed E-state index contributed by atoms with van der Waals surface area (Å²) in [5, 5.41) is 21.6. The van der Waals surface area contributed by atoms with Crippen LogP contribution >= 0.6 is 11.6 Å². The van der Waals surface area contributed by atoms with Gasteiger partial charge in [0.2, 0.25) is 0 Å². The molecule has 1 saturated carbocycles. The number of nitrogens with one attached hydrogen (secondary N) is 1. The molecular formula is C29H22ClFN8O. The van der Waals surface area contributed by atoms with Crippen molar-refractivity contribution in [3.63, 3.8) is 0 Å². The molecule has 40 heavy (non-hydrogen) atoms. The second-order valence-corrected chi connectivity index (χ2v) is 10.7. The van der Waals surface area contributed by atoms with Gasteiger partial charge in [-0.3, -0.25) is 9.48 Å². The minimum atomic E-state index is -0.493. The molecule has 0 radical (unpaired) electrons. The topological polar surface area (TPSA) is 104 Å². The van der Waals surface area contributed by atoms with Crippen molar-refractivity contribution in [2.24, 2.45) is 18.9 Å².